The van der Waals surface area contributed by atoms with Crippen LogP contribution in [0.3, 0.4) is 0 Å². The zero-order chi connectivity index (χ0) is 10.7. The highest BCUT2D eigenvalue weighted by molar-refractivity contribution is 5.79. The molecule has 5 heteroatoms. The summed E-state index contributed by atoms with van der Waals surface area (Å²) in [5.74, 6) is 0.958. The van der Waals surface area contributed by atoms with Gasteiger partial charge in [0.1, 0.15) is 0 Å². The molecule has 0 aliphatic carbocycles. The number of aryl methyl sites for hydroxylation is 1. The normalized spacial score (nSPS) is 11.0. The second-order valence-corrected chi connectivity index (χ2v) is 3.07. The topological polar surface area (TPSA) is 69.1 Å². The molecule has 0 bridgehead atoms. The maximum atomic E-state index is 5.58. The van der Waals surface area contributed by atoms with Crippen LogP contribution in [0.4, 0.5) is 5.95 Å². The summed E-state index contributed by atoms with van der Waals surface area (Å²) in [6.45, 7) is 1.80. The van der Waals surface area contributed by atoms with Crippen molar-refractivity contribution in [2.45, 2.75) is 6.92 Å². The van der Waals surface area contributed by atoms with E-state index in [9.17, 15) is 0 Å². The van der Waals surface area contributed by atoms with Crippen molar-refractivity contribution in [3.05, 3.63) is 41.7 Å². The Morgan fingerprint density at radius 2 is 2.00 bits per heavy atom. The Balaban J connectivity index is 2.26. The van der Waals surface area contributed by atoms with Crippen molar-refractivity contribution in [1.82, 2.24) is 14.9 Å². The van der Waals surface area contributed by atoms with Crippen molar-refractivity contribution in [2.24, 2.45) is 5.10 Å². The van der Waals surface area contributed by atoms with Gasteiger partial charge in [0.25, 0.3) is 0 Å². The van der Waals surface area contributed by atoms with E-state index >= 15 is 0 Å². The summed E-state index contributed by atoms with van der Waals surface area (Å²) < 4.78 is 1.49. The van der Waals surface area contributed by atoms with Crippen molar-refractivity contribution in [3.63, 3.8) is 0 Å². The van der Waals surface area contributed by atoms with Crippen LogP contribution in [0, 0.1) is 6.92 Å². The van der Waals surface area contributed by atoms with Gasteiger partial charge in [-0.3, -0.25) is 0 Å². The van der Waals surface area contributed by atoms with Gasteiger partial charge >= 0.3 is 0 Å². The molecule has 0 spiro atoms. The lowest BCUT2D eigenvalue weighted by molar-refractivity contribution is 0.842. The van der Waals surface area contributed by atoms with Gasteiger partial charge in [0.2, 0.25) is 5.95 Å². The Bertz CT molecular complexity index is 452. The van der Waals surface area contributed by atoms with Crippen LogP contribution < -0.4 is 5.73 Å². The standard InChI is InChI=1S/C10H11N5/c1-8-13-14-10(11)15(8)12-7-9-5-3-2-4-6-9/h2-7H,1H3,(H2,11,14). The third-order valence-corrected chi connectivity index (χ3v) is 1.94. The first-order chi connectivity index (χ1) is 7.27. The monoisotopic (exact) mass is 201 g/mol. The summed E-state index contributed by atoms with van der Waals surface area (Å²) in [5, 5.41) is 11.7. The van der Waals surface area contributed by atoms with Crippen LogP contribution in [-0.2, 0) is 0 Å². The van der Waals surface area contributed by atoms with E-state index in [0.29, 0.717) is 11.8 Å². The lowest BCUT2D eigenvalue weighted by Crippen LogP contribution is -1.99. The minimum absolute atomic E-state index is 0.291. The predicted octanol–water partition coefficient (Wildman–Crippen LogP) is 1.05. The molecular weight excluding hydrogens is 190 g/mol. The van der Waals surface area contributed by atoms with Gasteiger partial charge in [0.15, 0.2) is 5.82 Å². The fraction of sp³-hybridized carbons (Fsp3) is 0.100. The highest BCUT2D eigenvalue weighted by Gasteiger charge is 2.01. The van der Waals surface area contributed by atoms with Crippen LogP contribution in [0.1, 0.15) is 11.4 Å². The average molecular weight is 201 g/mol. The molecule has 15 heavy (non-hydrogen) atoms. The number of aromatic nitrogens is 3. The van der Waals surface area contributed by atoms with Crippen LogP contribution in [0.15, 0.2) is 35.4 Å². The molecule has 76 valence electrons. The quantitative estimate of drug-likeness (QED) is 0.738. The van der Waals surface area contributed by atoms with Gasteiger partial charge in [-0.2, -0.15) is 9.78 Å². The lowest BCUT2D eigenvalue weighted by atomic mass is 10.2. The molecule has 1 aromatic carbocycles. The summed E-state index contributed by atoms with van der Waals surface area (Å²) >= 11 is 0. The molecule has 0 aliphatic rings. The van der Waals surface area contributed by atoms with Gasteiger partial charge in [-0.05, 0) is 12.5 Å². The molecule has 0 saturated heterocycles. The summed E-state index contributed by atoms with van der Waals surface area (Å²) in [6.07, 6.45) is 1.72. The van der Waals surface area contributed by atoms with E-state index in [4.69, 9.17) is 5.73 Å². The third-order valence-electron chi connectivity index (χ3n) is 1.94. The number of anilines is 1. The molecule has 2 N–H and O–H groups in total. The first-order valence-corrected chi connectivity index (χ1v) is 4.54. The molecular formula is C10H11N5. The van der Waals surface area contributed by atoms with Gasteiger partial charge < -0.3 is 5.73 Å². The molecule has 0 fully saturated rings. The summed E-state index contributed by atoms with van der Waals surface area (Å²) in [7, 11) is 0. The summed E-state index contributed by atoms with van der Waals surface area (Å²) in [4.78, 5) is 0. The molecule has 1 heterocycles. The molecule has 1 aromatic heterocycles. The lowest BCUT2D eigenvalue weighted by Gasteiger charge is -1.96. The molecule has 0 aliphatic heterocycles. The third kappa shape index (κ3) is 2.01. The number of nitrogens with zero attached hydrogens (tertiary/aromatic N) is 4. The van der Waals surface area contributed by atoms with Crippen LogP contribution in [-0.4, -0.2) is 21.1 Å². The number of rotatable bonds is 2. The second kappa shape index (κ2) is 3.91. The van der Waals surface area contributed by atoms with Crippen LogP contribution in [0.2, 0.25) is 0 Å². The zero-order valence-electron chi connectivity index (χ0n) is 8.33. The minimum atomic E-state index is 0.291. The summed E-state index contributed by atoms with van der Waals surface area (Å²) in [5.41, 5.74) is 6.59. The largest absolute Gasteiger partial charge is 0.366 e. The van der Waals surface area contributed by atoms with Crippen molar-refractivity contribution in [1.29, 1.82) is 0 Å². The Kier molecular flexibility index (Phi) is 2.45. The predicted molar refractivity (Wildman–Crippen MR) is 58.6 cm³/mol. The van der Waals surface area contributed by atoms with E-state index < -0.39 is 0 Å². The second-order valence-electron chi connectivity index (χ2n) is 3.07. The number of hydrogen-bond acceptors (Lipinski definition) is 4. The van der Waals surface area contributed by atoms with Crippen LogP contribution >= 0.6 is 0 Å². The van der Waals surface area contributed by atoms with E-state index in [1.807, 2.05) is 30.3 Å². The first kappa shape index (κ1) is 9.39. The summed E-state index contributed by atoms with van der Waals surface area (Å²) in [6, 6.07) is 9.77. The van der Waals surface area contributed by atoms with Crippen LogP contribution in [0.5, 0.6) is 0 Å². The Morgan fingerprint density at radius 1 is 1.27 bits per heavy atom. The van der Waals surface area contributed by atoms with Gasteiger partial charge in [0, 0.05) is 0 Å². The maximum Gasteiger partial charge on any atom is 0.243 e. The zero-order valence-corrected chi connectivity index (χ0v) is 8.33. The Labute approximate surface area is 87.3 Å². The molecule has 0 saturated carbocycles. The molecule has 0 radical (unpaired) electrons. The Morgan fingerprint density at radius 3 is 2.60 bits per heavy atom. The number of benzene rings is 1. The highest BCUT2D eigenvalue weighted by Crippen LogP contribution is 2.02. The van der Waals surface area contributed by atoms with Gasteiger partial charge in [-0.15, -0.1) is 10.2 Å². The van der Waals surface area contributed by atoms with Crippen molar-refractivity contribution in [2.75, 3.05) is 5.73 Å². The Hall–Kier alpha value is -2.17. The first-order valence-electron chi connectivity index (χ1n) is 4.54. The molecule has 2 aromatic rings. The van der Waals surface area contributed by atoms with Crippen molar-refractivity contribution >= 4 is 12.2 Å². The minimum Gasteiger partial charge on any atom is -0.366 e. The smallest absolute Gasteiger partial charge is 0.243 e. The highest BCUT2D eigenvalue weighted by atomic mass is 15.5. The molecule has 5 nitrogen and oxygen atoms in total. The van der Waals surface area contributed by atoms with E-state index in [0.717, 1.165) is 5.56 Å². The fourth-order valence-electron chi connectivity index (χ4n) is 1.18. The number of nitrogen functional groups attached to an aromatic ring is 1. The van der Waals surface area contributed by atoms with Crippen LogP contribution in [0.25, 0.3) is 0 Å². The van der Waals surface area contributed by atoms with Gasteiger partial charge in [-0.25, -0.2) is 0 Å². The molecule has 0 unspecified atom stereocenters. The van der Waals surface area contributed by atoms with Gasteiger partial charge in [-0.1, -0.05) is 30.3 Å². The van der Waals surface area contributed by atoms with E-state index in [2.05, 4.69) is 15.3 Å². The van der Waals surface area contributed by atoms with E-state index in [-0.39, 0.29) is 0 Å². The van der Waals surface area contributed by atoms with Gasteiger partial charge in [0.05, 0.1) is 6.21 Å². The molecule has 0 atom stereocenters. The molecule has 2 rings (SSSR count). The molecule has 0 amide bonds. The SMILES string of the molecule is Cc1nnc(N)n1N=Cc1ccccc1. The number of hydrogen-bond donors (Lipinski definition) is 1. The fourth-order valence-corrected chi connectivity index (χ4v) is 1.18. The number of nitrogens with two attached hydrogens (primary N) is 1. The van der Waals surface area contributed by atoms with Crippen molar-refractivity contribution in [3.8, 4) is 0 Å². The maximum absolute atomic E-state index is 5.58. The van der Waals surface area contributed by atoms with E-state index in [1.165, 1.54) is 4.68 Å². The average Bonchev–Trinajstić information content (AvgIpc) is 2.58. The van der Waals surface area contributed by atoms with E-state index in [1.54, 1.807) is 13.1 Å². The van der Waals surface area contributed by atoms with Crippen molar-refractivity contribution < 1.29 is 0 Å².